The van der Waals surface area contributed by atoms with E-state index in [1.807, 2.05) is 13.8 Å². The van der Waals surface area contributed by atoms with Crippen molar-refractivity contribution in [3.8, 4) is 0 Å². The molecule has 0 radical (unpaired) electrons. The third-order valence-corrected chi connectivity index (χ3v) is 5.00. The normalized spacial score (nSPS) is 16.9. The summed E-state index contributed by atoms with van der Waals surface area (Å²) in [5.41, 5.74) is 2.93. The van der Waals surface area contributed by atoms with Crippen LogP contribution in [0.25, 0.3) is 0 Å². The lowest BCUT2D eigenvalue weighted by molar-refractivity contribution is 0.251. The zero-order valence-electron chi connectivity index (χ0n) is 12.8. The first-order valence-electron chi connectivity index (χ1n) is 7.55. The Hall–Kier alpha value is -1.95. The highest BCUT2D eigenvalue weighted by Crippen LogP contribution is 2.34. The molecule has 1 atom stereocenters. The second-order valence-corrected chi connectivity index (χ2v) is 6.94. The minimum absolute atomic E-state index is 0.173. The van der Waals surface area contributed by atoms with E-state index in [0.29, 0.717) is 12.5 Å². The maximum atomic E-state index is 12.1. The molecule has 0 aromatic carbocycles. The fourth-order valence-electron chi connectivity index (χ4n) is 2.82. The molecule has 0 bridgehead atoms. The van der Waals surface area contributed by atoms with Crippen LogP contribution < -0.4 is 10.6 Å². The van der Waals surface area contributed by atoms with Gasteiger partial charge in [0.1, 0.15) is 0 Å². The summed E-state index contributed by atoms with van der Waals surface area (Å²) < 4.78 is 0. The molecule has 2 amide bonds. The molecule has 0 saturated carbocycles. The van der Waals surface area contributed by atoms with Crippen molar-refractivity contribution in [3.63, 3.8) is 0 Å². The smallest absolute Gasteiger partial charge is 0.319 e. The van der Waals surface area contributed by atoms with Crippen LogP contribution in [0.2, 0.25) is 0 Å². The predicted octanol–water partition coefficient (Wildman–Crippen LogP) is 3.40. The van der Waals surface area contributed by atoms with Crippen LogP contribution in [0.3, 0.4) is 0 Å². The van der Waals surface area contributed by atoms with E-state index in [2.05, 4.69) is 20.6 Å². The number of carbonyl (C=O) groups is 1. The monoisotopic (exact) mass is 316 g/mol. The number of nitrogens with one attached hydrogen (secondary N) is 2. The average Bonchev–Trinajstić information content (AvgIpc) is 2.88. The number of hydrogen-bond acceptors (Lipinski definition) is 4. The third kappa shape index (κ3) is 3.27. The standard InChI is InChI=1S/C16H20N4OS/c1-10-8-17-7-6-13(10)20-16(21)18-9-12-4-3-5-14-15(12)19-11(2)22-14/h6-8,12H,3-5,9H2,1-2H3,(H2,17,18,20,21)/t12-/m1/s1. The number of fused-ring (bicyclic) bond motifs is 1. The highest BCUT2D eigenvalue weighted by molar-refractivity contribution is 7.11. The van der Waals surface area contributed by atoms with Gasteiger partial charge in [-0.25, -0.2) is 9.78 Å². The molecule has 0 saturated heterocycles. The molecule has 0 spiro atoms. The number of aromatic nitrogens is 2. The van der Waals surface area contributed by atoms with Crippen molar-refractivity contribution in [2.75, 3.05) is 11.9 Å². The molecule has 2 aromatic heterocycles. The lowest BCUT2D eigenvalue weighted by Gasteiger charge is -2.21. The molecule has 6 heteroatoms. The summed E-state index contributed by atoms with van der Waals surface area (Å²) in [5.74, 6) is 0.331. The molecule has 3 rings (SSSR count). The molecule has 2 aromatic rings. The molecule has 22 heavy (non-hydrogen) atoms. The van der Waals surface area contributed by atoms with Crippen molar-refractivity contribution < 1.29 is 4.79 Å². The Labute approximate surface area is 134 Å². The zero-order chi connectivity index (χ0) is 15.5. The number of pyridine rings is 1. The quantitative estimate of drug-likeness (QED) is 0.912. The van der Waals surface area contributed by atoms with Gasteiger partial charge in [0, 0.05) is 35.4 Å². The fourth-order valence-corrected chi connectivity index (χ4v) is 3.89. The maximum Gasteiger partial charge on any atom is 0.319 e. The Morgan fingerprint density at radius 3 is 3.14 bits per heavy atom. The predicted molar refractivity (Wildman–Crippen MR) is 88.5 cm³/mol. The number of thiazole rings is 1. The molecule has 1 aliphatic carbocycles. The number of nitrogens with zero attached hydrogens (tertiary/aromatic N) is 2. The van der Waals surface area contributed by atoms with E-state index < -0.39 is 0 Å². The number of urea groups is 1. The van der Waals surface area contributed by atoms with E-state index >= 15 is 0 Å². The Balaban J connectivity index is 1.59. The van der Waals surface area contributed by atoms with Gasteiger partial charge in [-0.2, -0.15) is 0 Å². The first-order chi connectivity index (χ1) is 10.6. The summed E-state index contributed by atoms with van der Waals surface area (Å²) in [6.45, 7) is 4.60. The fraction of sp³-hybridized carbons (Fsp3) is 0.438. The molecule has 0 fully saturated rings. The van der Waals surface area contributed by atoms with Gasteiger partial charge in [-0.3, -0.25) is 4.98 Å². The van der Waals surface area contributed by atoms with Gasteiger partial charge >= 0.3 is 6.03 Å². The minimum atomic E-state index is -0.173. The average molecular weight is 316 g/mol. The third-order valence-electron chi connectivity index (χ3n) is 3.96. The van der Waals surface area contributed by atoms with E-state index in [9.17, 15) is 4.79 Å². The van der Waals surface area contributed by atoms with Crippen LogP contribution in [-0.2, 0) is 6.42 Å². The van der Waals surface area contributed by atoms with Crippen LogP contribution >= 0.6 is 11.3 Å². The number of anilines is 1. The van der Waals surface area contributed by atoms with E-state index in [1.54, 1.807) is 29.8 Å². The molecule has 5 nitrogen and oxygen atoms in total. The summed E-state index contributed by atoms with van der Waals surface area (Å²) >= 11 is 1.79. The Morgan fingerprint density at radius 1 is 1.45 bits per heavy atom. The van der Waals surface area contributed by atoms with Gasteiger partial charge < -0.3 is 10.6 Å². The van der Waals surface area contributed by atoms with Crippen LogP contribution in [0, 0.1) is 13.8 Å². The minimum Gasteiger partial charge on any atom is -0.337 e. The summed E-state index contributed by atoms with van der Waals surface area (Å²) in [6, 6.07) is 1.63. The summed E-state index contributed by atoms with van der Waals surface area (Å²) in [4.78, 5) is 22.1. The second-order valence-electron chi connectivity index (χ2n) is 5.66. The maximum absolute atomic E-state index is 12.1. The van der Waals surface area contributed by atoms with Gasteiger partial charge in [0.15, 0.2) is 0 Å². The van der Waals surface area contributed by atoms with Gasteiger partial charge in [-0.05, 0) is 44.7 Å². The molecular weight excluding hydrogens is 296 g/mol. The van der Waals surface area contributed by atoms with Crippen LogP contribution in [0.4, 0.5) is 10.5 Å². The molecule has 0 aliphatic heterocycles. The van der Waals surface area contributed by atoms with Crippen molar-refractivity contribution in [1.29, 1.82) is 0 Å². The number of rotatable bonds is 3. The molecule has 2 heterocycles. The highest BCUT2D eigenvalue weighted by atomic mass is 32.1. The summed E-state index contributed by atoms with van der Waals surface area (Å²) in [7, 11) is 0. The largest absolute Gasteiger partial charge is 0.337 e. The first-order valence-corrected chi connectivity index (χ1v) is 8.37. The highest BCUT2D eigenvalue weighted by Gasteiger charge is 2.24. The van der Waals surface area contributed by atoms with Gasteiger partial charge in [0.25, 0.3) is 0 Å². The molecule has 116 valence electrons. The van der Waals surface area contributed by atoms with Crippen molar-refractivity contribution in [1.82, 2.24) is 15.3 Å². The zero-order valence-corrected chi connectivity index (χ0v) is 13.7. The molecule has 0 unspecified atom stereocenters. The van der Waals surface area contributed by atoms with Gasteiger partial charge in [0.05, 0.1) is 10.7 Å². The van der Waals surface area contributed by atoms with E-state index in [4.69, 9.17) is 0 Å². The molecule has 2 N–H and O–H groups in total. The van der Waals surface area contributed by atoms with Crippen molar-refractivity contribution >= 4 is 23.1 Å². The van der Waals surface area contributed by atoms with Crippen LogP contribution in [-0.4, -0.2) is 22.5 Å². The number of aryl methyl sites for hydroxylation is 3. The topological polar surface area (TPSA) is 66.9 Å². The van der Waals surface area contributed by atoms with Crippen LogP contribution in [0.5, 0.6) is 0 Å². The van der Waals surface area contributed by atoms with Gasteiger partial charge in [0.2, 0.25) is 0 Å². The number of amides is 2. The summed E-state index contributed by atoms with van der Waals surface area (Å²) in [5, 5.41) is 6.96. The lowest BCUT2D eigenvalue weighted by Crippen LogP contribution is -2.33. The van der Waals surface area contributed by atoms with Crippen LogP contribution in [0.15, 0.2) is 18.5 Å². The second kappa shape index (κ2) is 6.44. The van der Waals surface area contributed by atoms with Gasteiger partial charge in [-0.1, -0.05) is 0 Å². The summed E-state index contributed by atoms with van der Waals surface area (Å²) in [6.07, 6.45) is 6.80. The number of hydrogen-bond donors (Lipinski definition) is 2. The number of carbonyl (C=O) groups excluding carboxylic acids is 1. The lowest BCUT2D eigenvalue weighted by atomic mass is 9.91. The van der Waals surface area contributed by atoms with Gasteiger partial charge in [-0.15, -0.1) is 11.3 Å². The SMILES string of the molecule is Cc1nc2c(s1)CCC[C@@H]2CNC(=O)Nc1ccncc1C. The molecular formula is C16H20N4OS. The molecule has 1 aliphatic rings. The van der Waals surface area contributed by atoms with Crippen LogP contribution in [0.1, 0.15) is 39.9 Å². The van der Waals surface area contributed by atoms with Crippen molar-refractivity contribution in [3.05, 3.63) is 39.6 Å². The first kappa shape index (κ1) is 15.0. The Bertz CT molecular complexity index is 683. The Kier molecular flexibility index (Phi) is 4.38. The van der Waals surface area contributed by atoms with E-state index in [0.717, 1.165) is 29.1 Å². The Morgan fingerprint density at radius 2 is 2.32 bits per heavy atom. The van der Waals surface area contributed by atoms with Crippen molar-refractivity contribution in [2.24, 2.45) is 0 Å². The van der Waals surface area contributed by atoms with Crippen molar-refractivity contribution in [2.45, 2.75) is 39.0 Å². The van der Waals surface area contributed by atoms with E-state index in [-0.39, 0.29) is 6.03 Å². The van der Waals surface area contributed by atoms with E-state index in [1.165, 1.54) is 17.0 Å².